The van der Waals surface area contributed by atoms with Gasteiger partial charge in [0.2, 0.25) is 5.91 Å². The number of carbonyl (C=O) groups is 1. The zero-order valence-electron chi connectivity index (χ0n) is 18.1. The number of aromatic nitrogens is 1. The molecule has 0 aliphatic carbocycles. The normalized spacial score (nSPS) is 15.5. The van der Waals surface area contributed by atoms with Crippen LogP contribution in [0.15, 0.2) is 79.1 Å². The van der Waals surface area contributed by atoms with Crippen molar-refractivity contribution >= 4 is 5.91 Å². The molecule has 1 fully saturated rings. The molecular weight excluding hydrogens is 384 g/mol. The Morgan fingerprint density at radius 2 is 1.71 bits per heavy atom. The summed E-state index contributed by atoms with van der Waals surface area (Å²) in [5.74, 6) is 1.60. The number of pyridine rings is 1. The van der Waals surface area contributed by atoms with Crippen LogP contribution >= 0.6 is 0 Å². The minimum atomic E-state index is -0.0702. The standard InChI is InChI=1S/C27H30N2O2/c1-21(25-6-3-2-4-7-25)27(30)29-16-13-23(14-17-29)18-22-9-11-24(12-10-22)20-31-26-8-5-15-28-19-26/h2-12,15,19,21,23H,13-14,16-18,20H2,1H3. The number of ether oxygens (including phenoxy) is 1. The molecule has 4 rings (SSSR count). The van der Waals surface area contributed by atoms with Gasteiger partial charge in [-0.05, 0) is 60.9 Å². The second kappa shape index (κ2) is 10.3. The van der Waals surface area contributed by atoms with Gasteiger partial charge in [-0.2, -0.15) is 0 Å². The summed E-state index contributed by atoms with van der Waals surface area (Å²) in [6, 6.07) is 22.6. The van der Waals surface area contributed by atoms with Crippen molar-refractivity contribution in [3.63, 3.8) is 0 Å². The van der Waals surface area contributed by atoms with Crippen LogP contribution in [0, 0.1) is 5.92 Å². The number of rotatable bonds is 7. The average Bonchev–Trinajstić information content (AvgIpc) is 2.84. The fourth-order valence-electron chi connectivity index (χ4n) is 4.22. The smallest absolute Gasteiger partial charge is 0.229 e. The van der Waals surface area contributed by atoms with E-state index < -0.39 is 0 Å². The van der Waals surface area contributed by atoms with Gasteiger partial charge in [0.15, 0.2) is 0 Å². The van der Waals surface area contributed by atoms with E-state index in [0.717, 1.165) is 49.2 Å². The highest BCUT2D eigenvalue weighted by molar-refractivity contribution is 5.83. The van der Waals surface area contributed by atoms with E-state index in [-0.39, 0.29) is 11.8 Å². The lowest BCUT2D eigenvalue weighted by Gasteiger charge is -2.34. The minimum Gasteiger partial charge on any atom is -0.487 e. The molecule has 1 atom stereocenters. The van der Waals surface area contributed by atoms with E-state index in [4.69, 9.17) is 4.74 Å². The first-order chi connectivity index (χ1) is 15.2. The van der Waals surface area contributed by atoms with Gasteiger partial charge in [0.05, 0.1) is 12.1 Å². The van der Waals surface area contributed by atoms with Crippen molar-refractivity contribution in [2.24, 2.45) is 5.92 Å². The molecule has 0 bridgehead atoms. The second-order valence-corrected chi connectivity index (χ2v) is 8.40. The Morgan fingerprint density at radius 3 is 2.39 bits per heavy atom. The summed E-state index contributed by atoms with van der Waals surface area (Å²) in [4.78, 5) is 19.0. The van der Waals surface area contributed by atoms with Crippen LogP contribution in [0.3, 0.4) is 0 Å². The number of likely N-dealkylation sites (tertiary alicyclic amines) is 1. The number of benzene rings is 2. The Kier molecular flexibility index (Phi) is 6.98. The number of piperidine rings is 1. The molecule has 2 heterocycles. The monoisotopic (exact) mass is 414 g/mol. The molecule has 2 aromatic carbocycles. The van der Waals surface area contributed by atoms with Crippen LogP contribution in [-0.2, 0) is 17.8 Å². The van der Waals surface area contributed by atoms with E-state index in [0.29, 0.717) is 12.5 Å². The third kappa shape index (κ3) is 5.72. The predicted octanol–water partition coefficient (Wildman–Crippen LogP) is 5.25. The highest BCUT2D eigenvalue weighted by atomic mass is 16.5. The first-order valence-electron chi connectivity index (χ1n) is 11.1. The molecule has 1 aromatic heterocycles. The molecule has 4 nitrogen and oxygen atoms in total. The summed E-state index contributed by atoms with van der Waals surface area (Å²) in [5.41, 5.74) is 3.61. The highest BCUT2D eigenvalue weighted by Gasteiger charge is 2.26. The Morgan fingerprint density at radius 1 is 1.00 bits per heavy atom. The van der Waals surface area contributed by atoms with Gasteiger partial charge in [-0.25, -0.2) is 0 Å². The summed E-state index contributed by atoms with van der Waals surface area (Å²) in [6.07, 6.45) is 6.68. The lowest BCUT2D eigenvalue weighted by atomic mass is 9.89. The fourth-order valence-corrected chi connectivity index (χ4v) is 4.22. The molecule has 3 aromatic rings. The van der Waals surface area contributed by atoms with Crippen molar-refractivity contribution in [2.75, 3.05) is 13.1 Å². The Bertz CT molecular complexity index is 950. The number of carbonyl (C=O) groups excluding carboxylic acids is 1. The van der Waals surface area contributed by atoms with Crippen molar-refractivity contribution in [1.82, 2.24) is 9.88 Å². The van der Waals surface area contributed by atoms with Crippen LogP contribution in [0.25, 0.3) is 0 Å². The van der Waals surface area contributed by atoms with Crippen LogP contribution in [0.5, 0.6) is 5.75 Å². The predicted molar refractivity (Wildman–Crippen MR) is 123 cm³/mol. The van der Waals surface area contributed by atoms with E-state index in [1.807, 2.05) is 54.3 Å². The molecule has 4 heteroatoms. The first-order valence-corrected chi connectivity index (χ1v) is 11.1. The summed E-state index contributed by atoms with van der Waals surface area (Å²) < 4.78 is 5.77. The molecule has 0 spiro atoms. The Balaban J connectivity index is 1.24. The number of hydrogen-bond acceptors (Lipinski definition) is 3. The maximum absolute atomic E-state index is 12.9. The maximum Gasteiger partial charge on any atom is 0.229 e. The molecule has 1 aliphatic rings. The van der Waals surface area contributed by atoms with Crippen molar-refractivity contribution < 1.29 is 9.53 Å². The van der Waals surface area contributed by atoms with E-state index in [1.165, 1.54) is 5.56 Å². The van der Waals surface area contributed by atoms with Gasteiger partial charge in [-0.15, -0.1) is 0 Å². The van der Waals surface area contributed by atoms with Gasteiger partial charge >= 0.3 is 0 Å². The molecule has 1 saturated heterocycles. The molecule has 1 amide bonds. The summed E-state index contributed by atoms with van der Waals surface area (Å²) in [5, 5.41) is 0. The summed E-state index contributed by atoms with van der Waals surface area (Å²) >= 11 is 0. The van der Waals surface area contributed by atoms with E-state index >= 15 is 0 Å². The molecule has 31 heavy (non-hydrogen) atoms. The molecule has 0 N–H and O–H groups in total. The molecule has 1 aliphatic heterocycles. The quantitative estimate of drug-likeness (QED) is 0.531. The molecule has 0 saturated carbocycles. The van der Waals surface area contributed by atoms with Crippen molar-refractivity contribution in [3.05, 3.63) is 95.8 Å². The maximum atomic E-state index is 12.9. The van der Waals surface area contributed by atoms with Crippen LogP contribution in [-0.4, -0.2) is 28.9 Å². The molecule has 0 radical (unpaired) electrons. The van der Waals surface area contributed by atoms with Gasteiger partial charge in [0.25, 0.3) is 0 Å². The largest absolute Gasteiger partial charge is 0.487 e. The van der Waals surface area contributed by atoms with Gasteiger partial charge in [-0.1, -0.05) is 54.6 Å². The first kappa shape index (κ1) is 21.1. The number of hydrogen-bond donors (Lipinski definition) is 0. The SMILES string of the molecule is CC(C(=O)N1CCC(Cc2ccc(COc3cccnc3)cc2)CC1)c1ccccc1. The van der Waals surface area contributed by atoms with Crippen LogP contribution in [0.4, 0.5) is 0 Å². The van der Waals surface area contributed by atoms with Crippen LogP contribution in [0.2, 0.25) is 0 Å². The Labute approximate surface area is 184 Å². The lowest BCUT2D eigenvalue weighted by molar-refractivity contribution is -0.133. The minimum absolute atomic E-state index is 0.0702. The topological polar surface area (TPSA) is 42.4 Å². The van der Waals surface area contributed by atoms with E-state index in [1.54, 1.807) is 12.4 Å². The molecular formula is C27H30N2O2. The third-order valence-electron chi connectivity index (χ3n) is 6.18. The number of amides is 1. The number of nitrogens with zero attached hydrogens (tertiary/aromatic N) is 2. The Hall–Kier alpha value is -3.14. The van der Waals surface area contributed by atoms with Gasteiger partial charge < -0.3 is 9.64 Å². The second-order valence-electron chi connectivity index (χ2n) is 8.40. The highest BCUT2D eigenvalue weighted by Crippen LogP contribution is 2.25. The van der Waals surface area contributed by atoms with Crippen molar-refractivity contribution in [2.45, 2.75) is 38.7 Å². The molecule has 160 valence electrons. The zero-order chi connectivity index (χ0) is 21.5. The van der Waals surface area contributed by atoms with Gasteiger partial charge in [-0.3, -0.25) is 9.78 Å². The zero-order valence-corrected chi connectivity index (χ0v) is 18.1. The average molecular weight is 415 g/mol. The van der Waals surface area contributed by atoms with Gasteiger partial charge in [0, 0.05) is 19.3 Å². The fraction of sp³-hybridized carbons (Fsp3) is 0.333. The lowest BCUT2D eigenvalue weighted by Crippen LogP contribution is -2.40. The van der Waals surface area contributed by atoms with E-state index in [9.17, 15) is 4.79 Å². The van der Waals surface area contributed by atoms with Gasteiger partial charge in [0.1, 0.15) is 12.4 Å². The van der Waals surface area contributed by atoms with E-state index in [2.05, 4.69) is 29.2 Å². The summed E-state index contributed by atoms with van der Waals surface area (Å²) in [6.45, 7) is 4.28. The molecule has 1 unspecified atom stereocenters. The van der Waals surface area contributed by atoms with Crippen molar-refractivity contribution in [3.8, 4) is 5.75 Å². The third-order valence-corrected chi connectivity index (χ3v) is 6.18. The van der Waals surface area contributed by atoms with Crippen LogP contribution in [0.1, 0.15) is 42.4 Å². The van der Waals surface area contributed by atoms with Crippen molar-refractivity contribution in [1.29, 1.82) is 0 Å². The summed E-state index contributed by atoms with van der Waals surface area (Å²) in [7, 11) is 0. The van der Waals surface area contributed by atoms with Crippen LogP contribution < -0.4 is 4.74 Å².